The van der Waals surface area contributed by atoms with Gasteiger partial charge in [0, 0.05) is 66.8 Å². The maximum absolute atomic E-state index is 12.6. The Hall–Kier alpha value is -3.96. The van der Waals surface area contributed by atoms with Crippen molar-refractivity contribution in [1.82, 2.24) is 15.0 Å². The number of aryl methyl sites for hydroxylation is 1. The summed E-state index contributed by atoms with van der Waals surface area (Å²) in [4.78, 5) is 34.1. The highest BCUT2D eigenvalue weighted by atomic mass is 32.2. The number of aromatic amines is 1. The largest absolute Gasteiger partial charge is 0.378 e. The molecule has 0 bridgehead atoms. The van der Waals surface area contributed by atoms with Crippen molar-refractivity contribution in [3.63, 3.8) is 0 Å². The van der Waals surface area contributed by atoms with Crippen LogP contribution < -0.4 is 15.8 Å². The monoisotopic (exact) mass is 570 g/mol. The molecule has 2 aliphatic rings. The molecule has 1 atom stereocenters. The number of hydrogen-bond donors (Lipinski definition) is 2. The second kappa shape index (κ2) is 11.6. The zero-order valence-corrected chi connectivity index (χ0v) is 23.3. The van der Waals surface area contributed by atoms with E-state index in [4.69, 9.17) is 10.3 Å². The van der Waals surface area contributed by atoms with Gasteiger partial charge in [0.05, 0.1) is 49.1 Å². The number of rotatable bonds is 7. The molecule has 1 saturated heterocycles. The molecule has 40 heavy (non-hydrogen) atoms. The van der Waals surface area contributed by atoms with Crippen LogP contribution in [0.2, 0.25) is 0 Å². The Bertz CT molecular complexity index is 1650. The van der Waals surface area contributed by atoms with Crippen LogP contribution >= 0.6 is 23.5 Å². The molecule has 12 heteroatoms. The average molecular weight is 571 g/mol. The smallest absolute Gasteiger partial charge is 0.250 e. The maximum atomic E-state index is 12.6. The first-order valence-corrected chi connectivity index (χ1v) is 14.5. The standard InChI is InChI=1S/C28H26N8O2S2/c1-17-14-31-22(15-30-17)23(16-32-35-29)33-18-5-6-24-26(11-18)39-25-4-2-3-20(28(25)40-24)21-12-19(13-27(37)34-21)36-7-9-38-10-8-36/h2-6,11-15,23,33H,7-10,16H2,1H3,(H,34,37). The molecule has 4 aromatic rings. The molecule has 0 radical (unpaired) electrons. The molecule has 6 rings (SSSR count). The minimum absolute atomic E-state index is 0.116. The molecular formula is C28H26N8O2S2. The lowest BCUT2D eigenvalue weighted by molar-refractivity contribution is 0.122. The van der Waals surface area contributed by atoms with Crippen LogP contribution in [0.25, 0.3) is 21.7 Å². The molecule has 2 aromatic carbocycles. The van der Waals surface area contributed by atoms with Gasteiger partial charge in [-0.25, -0.2) is 0 Å². The fourth-order valence-corrected chi connectivity index (χ4v) is 7.11. The lowest BCUT2D eigenvalue weighted by atomic mass is 10.1. The summed E-state index contributed by atoms with van der Waals surface area (Å²) in [5.41, 5.74) is 13.9. The second-order valence-electron chi connectivity index (χ2n) is 9.41. The Balaban J connectivity index is 1.28. The lowest BCUT2D eigenvalue weighted by Gasteiger charge is -2.29. The first-order chi connectivity index (χ1) is 19.6. The molecule has 10 nitrogen and oxygen atoms in total. The second-order valence-corrected chi connectivity index (χ2v) is 11.5. The molecule has 0 spiro atoms. The number of H-pyrrole nitrogens is 1. The van der Waals surface area contributed by atoms with Crippen LogP contribution in [0, 0.1) is 6.92 Å². The van der Waals surface area contributed by atoms with Crippen LogP contribution in [-0.2, 0) is 4.74 Å². The lowest BCUT2D eigenvalue weighted by Crippen LogP contribution is -2.36. The van der Waals surface area contributed by atoms with Crippen LogP contribution in [0.15, 0.2) is 90.4 Å². The van der Waals surface area contributed by atoms with Gasteiger partial charge in [0.1, 0.15) is 0 Å². The van der Waals surface area contributed by atoms with E-state index in [1.54, 1.807) is 42.0 Å². The van der Waals surface area contributed by atoms with E-state index in [2.05, 4.69) is 65.5 Å². The van der Waals surface area contributed by atoms with Gasteiger partial charge in [0.25, 0.3) is 0 Å². The summed E-state index contributed by atoms with van der Waals surface area (Å²) in [6.45, 7) is 4.95. The van der Waals surface area contributed by atoms with Gasteiger partial charge in [-0.1, -0.05) is 40.8 Å². The molecule has 1 fully saturated rings. The number of hydrogen-bond acceptors (Lipinski definition) is 9. The van der Waals surface area contributed by atoms with Crippen molar-refractivity contribution < 1.29 is 4.74 Å². The van der Waals surface area contributed by atoms with Crippen LogP contribution in [0.1, 0.15) is 17.4 Å². The van der Waals surface area contributed by atoms with Crippen LogP contribution in [-0.4, -0.2) is 47.8 Å². The minimum Gasteiger partial charge on any atom is -0.378 e. The third-order valence-corrected chi connectivity index (χ3v) is 9.27. The zero-order valence-electron chi connectivity index (χ0n) is 21.7. The van der Waals surface area contributed by atoms with Gasteiger partial charge in [-0.3, -0.25) is 14.8 Å². The number of nitrogens with one attached hydrogen (secondary N) is 2. The number of ether oxygens (including phenoxy) is 1. The van der Waals surface area contributed by atoms with Gasteiger partial charge in [0.15, 0.2) is 0 Å². The van der Waals surface area contributed by atoms with E-state index in [1.165, 1.54) is 0 Å². The van der Waals surface area contributed by atoms with E-state index in [9.17, 15) is 4.79 Å². The van der Waals surface area contributed by atoms with Crippen molar-refractivity contribution in [3.05, 3.63) is 93.1 Å². The Kier molecular flexibility index (Phi) is 7.65. The molecule has 0 saturated carbocycles. The van der Waals surface area contributed by atoms with E-state index in [0.29, 0.717) is 18.9 Å². The van der Waals surface area contributed by atoms with E-state index in [0.717, 1.165) is 61.0 Å². The number of benzene rings is 2. The number of nitrogens with zero attached hydrogens (tertiary/aromatic N) is 6. The van der Waals surface area contributed by atoms with Crippen molar-refractivity contribution in [3.8, 4) is 11.3 Å². The summed E-state index contributed by atoms with van der Waals surface area (Å²) in [7, 11) is 0. The fraction of sp³-hybridized carbons (Fsp3) is 0.250. The third-order valence-electron chi connectivity index (χ3n) is 6.68. The fourth-order valence-electron chi connectivity index (χ4n) is 4.70. The molecule has 2 N–H and O–H groups in total. The molecule has 2 aromatic heterocycles. The number of aromatic nitrogens is 3. The molecule has 1 unspecified atom stereocenters. The third kappa shape index (κ3) is 5.66. The van der Waals surface area contributed by atoms with Crippen LogP contribution in [0.3, 0.4) is 0 Å². The number of pyridine rings is 1. The predicted molar refractivity (Wildman–Crippen MR) is 157 cm³/mol. The predicted octanol–water partition coefficient (Wildman–Crippen LogP) is 6.06. The Morgan fingerprint density at radius 3 is 2.77 bits per heavy atom. The quantitative estimate of drug-likeness (QED) is 0.137. The van der Waals surface area contributed by atoms with Crippen molar-refractivity contribution in [2.45, 2.75) is 32.5 Å². The normalized spacial score (nSPS) is 15.0. The SMILES string of the molecule is Cc1cnc(C(CN=[N+]=[N-])Nc2ccc3c(c2)Sc2cccc(-c4cc(N5CCOCC5)cc(=O)[nH]4)c2S3)cn1. The van der Waals surface area contributed by atoms with E-state index in [1.807, 2.05) is 19.1 Å². The van der Waals surface area contributed by atoms with Gasteiger partial charge in [-0.05, 0) is 42.8 Å². The summed E-state index contributed by atoms with van der Waals surface area (Å²) < 4.78 is 5.48. The van der Waals surface area contributed by atoms with E-state index in [-0.39, 0.29) is 18.1 Å². The van der Waals surface area contributed by atoms with Gasteiger partial charge >= 0.3 is 0 Å². The zero-order chi connectivity index (χ0) is 27.5. The van der Waals surface area contributed by atoms with Gasteiger partial charge in [-0.15, -0.1) is 0 Å². The van der Waals surface area contributed by atoms with Gasteiger partial charge in [0.2, 0.25) is 5.56 Å². The summed E-state index contributed by atoms with van der Waals surface area (Å²) >= 11 is 3.39. The van der Waals surface area contributed by atoms with Crippen LogP contribution in [0.5, 0.6) is 0 Å². The summed E-state index contributed by atoms with van der Waals surface area (Å²) in [6.07, 6.45) is 3.41. The summed E-state index contributed by atoms with van der Waals surface area (Å²) in [6, 6.07) is 15.8. The van der Waals surface area contributed by atoms with Crippen molar-refractivity contribution in [1.29, 1.82) is 0 Å². The topological polar surface area (TPSA) is 132 Å². The number of fused-ring (bicyclic) bond motifs is 2. The minimum atomic E-state index is -0.308. The molecule has 4 heterocycles. The number of azide groups is 1. The maximum Gasteiger partial charge on any atom is 0.250 e. The van der Waals surface area contributed by atoms with Crippen molar-refractivity contribution in [2.75, 3.05) is 43.1 Å². The molecule has 0 amide bonds. The summed E-state index contributed by atoms with van der Waals surface area (Å²) in [5, 5.41) is 7.23. The highest BCUT2D eigenvalue weighted by Crippen LogP contribution is 2.52. The highest BCUT2D eigenvalue weighted by Gasteiger charge is 2.23. The molecular weight excluding hydrogens is 544 g/mol. The average Bonchev–Trinajstić information content (AvgIpc) is 2.98. The number of anilines is 2. The summed E-state index contributed by atoms with van der Waals surface area (Å²) in [5.74, 6) is 0. The van der Waals surface area contributed by atoms with Gasteiger partial charge in [-0.2, -0.15) is 0 Å². The Morgan fingerprint density at radius 2 is 1.98 bits per heavy atom. The van der Waals surface area contributed by atoms with E-state index < -0.39 is 0 Å². The first kappa shape index (κ1) is 26.3. The highest BCUT2D eigenvalue weighted by molar-refractivity contribution is 8.05. The van der Waals surface area contributed by atoms with Crippen molar-refractivity contribution >= 4 is 34.9 Å². The Morgan fingerprint density at radius 1 is 1.10 bits per heavy atom. The van der Waals surface area contributed by atoms with E-state index >= 15 is 0 Å². The first-order valence-electron chi connectivity index (χ1n) is 12.8. The molecule has 202 valence electrons. The molecule has 0 aliphatic carbocycles. The number of morpholine rings is 1. The van der Waals surface area contributed by atoms with Gasteiger partial charge < -0.3 is 19.9 Å². The van der Waals surface area contributed by atoms with Crippen molar-refractivity contribution in [2.24, 2.45) is 5.11 Å². The Labute approximate surface area is 239 Å². The van der Waals surface area contributed by atoms with Crippen LogP contribution in [0.4, 0.5) is 11.4 Å². The molecule has 2 aliphatic heterocycles.